The van der Waals surface area contributed by atoms with E-state index in [9.17, 15) is 4.79 Å². The SMILES string of the molecule is CC(C)(C)[C@@H]1CCC(=O)[C@@H](C2c3ccccc3Sc3ccccc32)C1. The Bertz CT molecular complexity index is 756. The second-order valence-electron chi connectivity index (χ2n) is 8.57. The Morgan fingerprint density at radius 2 is 1.48 bits per heavy atom. The van der Waals surface area contributed by atoms with E-state index in [1.807, 2.05) is 11.8 Å². The molecule has 1 saturated carbocycles. The van der Waals surface area contributed by atoms with Crippen LogP contribution in [-0.4, -0.2) is 5.78 Å². The van der Waals surface area contributed by atoms with Gasteiger partial charge < -0.3 is 0 Å². The van der Waals surface area contributed by atoms with Gasteiger partial charge in [0, 0.05) is 28.0 Å². The molecule has 130 valence electrons. The summed E-state index contributed by atoms with van der Waals surface area (Å²) in [4.78, 5) is 15.6. The maximum Gasteiger partial charge on any atom is 0.136 e. The van der Waals surface area contributed by atoms with Crippen molar-refractivity contribution < 1.29 is 4.79 Å². The molecule has 1 aliphatic carbocycles. The zero-order chi connectivity index (χ0) is 17.6. The topological polar surface area (TPSA) is 17.1 Å². The van der Waals surface area contributed by atoms with Crippen LogP contribution in [0.3, 0.4) is 0 Å². The Balaban J connectivity index is 1.80. The van der Waals surface area contributed by atoms with E-state index < -0.39 is 0 Å². The van der Waals surface area contributed by atoms with Crippen LogP contribution in [0.1, 0.15) is 57.1 Å². The Morgan fingerprint density at radius 1 is 0.920 bits per heavy atom. The van der Waals surface area contributed by atoms with Gasteiger partial charge in [-0.2, -0.15) is 0 Å². The van der Waals surface area contributed by atoms with Crippen molar-refractivity contribution in [1.82, 2.24) is 0 Å². The van der Waals surface area contributed by atoms with Crippen molar-refractivity contribution in [2.45, 2.75) is 55.7 Å². The zero-order valence-corrected chi connectivity index (χ0v) is 16.1. The minimum absolute atomic E-state index is 0.112. The summed E-state index contributed by atoms with van der Waals surface area (Å²) < 4.78 is 0. The van der Waals surface area contributed by atoms with Gasteiger partial charge in [0.05, 0.1) is 0 Å². The molecule has 0 spiro atoms. The molecule has 1 fully saturated rings. The molecule has 0 bridgehead atoms. The standard InChI is InChI=1S/C23H26OS/c1-23(2,3)15-12-13-19(24)18(14-15)22-16-8-4-6-10-20(16)25-21-11-7-5-9-17(21)22/h4-11,15,18,22H,12-14H2,1-3H3/t15-,18+/m1/s1. The molecule has 2 atom stereocenters. The minimum atomic E-state index is 0.112. The Labute approximate surface area is 155 Å². The number of carbonyl (C=O) groups excluding carboxylic acids is 1. The minimum Gasteiger partial charge on any atom is -0.299 e. The van der Waals surface area contributed by atoms with Crippen LogP contribution in [0.2, 0.25) is 0 Å². The largest absolute Gasteiger partial charge is 0.299 e. The maximum absolute atomic E-state index is 13.0. The summed E-state index contributed by atoms with van der Waals surface area (Å²) in [5.74, 6) is 1.40. The second-order valence-corrected chi connectivity index (χ2v) is 9.65. The highest BCUT2D eigenvalue weighted by molar-refractivity contribution is 7.99. The molecule has 1 aliphatic heterocycles. The molecule has 0 N–H and O–H groups in total. The van der Waals surface area contributed by atoms with Crippen molar-refractivity contribution in [2.75, 3.05) is 0 Å². The summed E-state index contributed by atoms with van der Waals surface area (Å²) in [7, 11) is 0. The molecule has 0 radical (unpaired) electrons. The first-order valence-electron chi connectivity index (χ1n) is 9.33. The quantitative estimate of drug-likeness (QED) is 0.599. The van der Waals surface area contributed by atoms with Crippen molar-refractivity contribution in [2.24, 2.45) is 17.3 Å². The van der Waals surface area contributed by atoms with Crippen molar-refractivity contribution in [1.29, 1.82) is 0 Å². The third-order valence-electron chi connectivity index (χ3n) is 6.05. The predicted octanol–water partition coefficient (Wildman–Crippen LogP) is 6.31. The number of ketones is 1. The number of benzene rings is 2. The maximum atomic E-state index is 13.0. The summed E-state index contributed by atoms with van der Waals surface area (Å²) >= 11 is 1.85. The molecule has 0 unspecified atom stereocenters. The first kappa shape index (κ1) is 16.9. The van der Waals surface area contributed by atoms with Gasteiger partial charge in [0.1, 0.15) is 5.78 Å². The molecule has 2 aromatic rings. The molecule has 1 nitrogen and oxygen atoms in total. The number of Topliss-reactive ketones (excluding diaryl/α,β-unsaturated/α-hetero) is 1. The van der Waals surface area contributed by atoms with Crippen LogP contribution in [-0.2, 0) is 4.79 Å². The fraction of sp³-hybridized carbons (Fsp3) is 0.435. The Kier molecular flexibility index (Phi) is 4.27. The van der Waals surface area contributed by atoms with Gasteiger partial charge in [0.2, 0.25) is 0 Å². The predicted molar refractivity (Wildman–Crippen MR) is 104 cm³/mol. The fourth-order valence-electron chi connectivity index (χ4n) is 4.55. The van der Waals surface area contributed by atoms with Gasteiger partial charge in [0.15, 0.2) is 0 Å². The van der Waals surface area contributed by atoms with Crippen molar-refractivity contribution in [3.05, 3.63) is 59.7 Å². The van der Waals surface area contributed by atoms with Crippen LogP contribution in [0.25, 0.3) is 0 Å². The van der Waals surface area contributed by atoms with E-state index in [4.69, 9.17) is 0 Å². The molecule has 1 heterocycles. The summed E-state index contributed by atoms with van der Waals surface area (Å²) in [5, 5.41) is 0. The van der Waals surface area contributed by atoms with Crippen LogP contribution in [0.15, 0.2) is 58.3 Å². The number of fused-ring (bicyclic) bond motifs is 2. The lowest BCUT2D eigenvalue weighted by Gasteiger charge is -2.41. The van der Waals surface area contributed by atoms with Crippen LogP contribution < -0.4 is 0 Å². The van der Waals surface area contributed by atoms with Gasteiger partial charge in [-0.15, -0.1) is 0 Å². The molecule has 25 heavy (non-hydrogen) atoms. The van der Waals surface area contributed by atoms with Gasteiger partial charge in [-0.3, -0.25) is 4.79 Å². The van der Waals surface area contributed by atoms with Gasteiger partial charge in [-0.1, -0.05) is 68.9 Å². The molecule has 2 heteroatoms. The monoisotopic (exact) mass is 350 g/mol. The number of carbonyl (C=O) groups is 1. The average Bonchev–Trinajstić information content (AvgIpc) is 2.59. The summed E-state index contributed by atoms with van der Waals surface area (Å²) in [6.45, 7) is 6.97. The van der Waals surface area contributed by atoms with E-state index in [-0.39, 0.29) is 17.3 Å². The summed E-state index contributed by atoms with van der Waals surface area (Å²) in [6, 6.07) is 17.3. The number of hydrogen-bond acceptors (Lipinski definition) is 2. The van der Waals surface area contributed by atoms with Crippen LogP contribution >= 0.6 is 11.8 Å². The third kappa shape index (κ3) is 3.06. The summed E-state index contributed by atoms with van der Waals surface area (Å²) in [6.07, 6.45) is 2.80. The molecule has 2 aromatic carbocycles. The lowest BCUT2D eigenvalue weighted by atomic mass is 9.64. The van der Waals surface area contributed by atoms with Crippen molar-refractivity contribution >= 4 is 17.5 Å². The van der Waals surface area contributed by atoms with E-state index in [2.05, 4.69) is 69.3 Å². The number of rotatable bonds is 1. The van der Waals surface area contributed by atoms with Gasteiger partial charge in [-0.05, 0) is 47.4 Å². The zero-order valence-electron chi connectivity index (χ0n) is 15.3. The average molecular weight is 351 g/mol. The smallest absolute Gasteiger partial charge is 0.136 e. The molecule has 0 amide bonds. The van der Waals surface area contributed by atoms with E-state index in [1.54, 1.807) is 0 Å². The van der Waals surface area contributed by atoms with Gasteiger partial charge in [-0.25, -0.2) is 0 Å². The van der Waals surface area contributed by atoms with Gasteiger partial charge >= 0.3 is 0 Å². The lowest BCUT2D eigenvalue weighted by molar-refractivity contribution is -0.127. The third-order valence-corrected chi connectivity index (χ3v) is 7.23. The second kappa shape index (κ2) is 6.32. The first-order chi connectivity index (χ1) is 11.9. The van der Waals surface area contributed by atoms with E-state index in [1.165, 1.54) is 20.9 Å². The van der Waals surface area contributed by atoms with Crippen LogP contribution in [0, 0.1) is 17.3 Å². The van der Waals surface area contributed by atoms with E-state index in [0.29, 0.717) is 11.7 Å². The highest BCUT2D eigenvalue weighted by Crippen LogP contribution is 2.52. The molecule has 0 aromatic heterocycles. The lowest BCUT2D eigenvalue weighted by Crippen LogP contribution is -2.36. The van der Waals surface area contributed by atoms with E-state index in [0.717, 1.165) is 19.3 Å². The fourth-order valence-corrected chi connectivity index (χ4v) is 5.70. The molecular weight excluding hydrogens is 324 g/mol. The highest BCUT2D eigenvalue weighted by atomic mass is 32.2. The molecule has 4 rings (SSSR count). The van der Waals surface area contributed by atoms with Crippen molar-refractivity contribution in [3.63, 3.8) is 0 Å². The van der Waals surface area contributed by atoms with Crippen LogP contribution in [0.4, 0.5) is 0 Å². The molecule has 0 saturated heterocycles. The van der Waals surface area contributed by atoms with Crippen molar-refractivity contribution in [3.8, 4) is 0 Å². The Hall–Kier alpha value is -1.54. The number of hydrogen-bond donors (Lipinski definition) is 0. The molecular formula is C23H26OS. The Morgan fingerprint density at radius 3 is 2.04 bits per heavy atom. The molecule has 2 aliphatic rings. The van der Waals surface area contributed by atoms with E-state index >= 15 is 0 Å². The summed E-state index contributed by atoms with van der Waals surface area (Å²) in [5.41, 5.74) is 2.96. The van der Waals surface area contributed by atoms with Crippen LogP contribution in [0.5, 0.6) is 0 Å². The first-order valence-corrected chi connectivity index (χ1v) is 10.1. The van der Waals surface area contributed by atoms with Gasteiger partial charge in [0.25, 0.3) is 0 Å². The highest BCUT2D eigenvalue weighted by Gasteiger charge is 2.42. The normalized spacial score (nSPS) is 23.9.